The number of rotatable bonds is 5. The number of nitrogens with one attached hydrogen (secondary N) is 2. The minimum atomic E-state index is -0.914. The highest BCUT2D eigenvalue weighted by atomic mass is 35.5. The van der Waals surface area contributed by atoms with Crippen molar-refractivity contribution in [1.82, 2.24) is 10.6 Å². The van der Waals surface area contributed by atoms with Gasteiger partial charge in [0.2, 0.25) is 0 Å². The maximum absolute atomic E-state index is 11.8. The molecule has 1 rings (SSSR count). The number of esters is 1. The van der Waals surface area contributed by atoms with Crippen molar-refractivity contribution in [3.63, 3.8) is 0 Å². The predicted octanol–water partition coefficient (Wildman–Crippen LogP) is 2.27. The Kier molecular flexibility index (Phi) is 7.03. The molecule has 3 amide bonds. The minimum Gasteiger partial charge on any atom is -0.479 e. The minimum absolute atomic E-state index is 0.442. The molecular formula is C16H21ClN2O5. The normalized spacial score (nSPS) is 12.0. The third kappa shape index (κ3) is 7.82. The van der Waals surface area contributed by atoms with Gasteiger partial charge in [-0.05, 0) is 52.0 Å². The van der Waals surface area contributed by atoms with Crippen LogP contribution in [0.25, 0.3) is 0 Å². The standard InChI is InChI=1S/C16H21ClN2O5/c1-10(24-12-7-5-11(17)6-8-12)14(21)23-9-13(20)18-15(22)19-16(2,3)4/h5-8,10H,9H2,1-4H3,(H2,18,19,20,22)/t10-/m1/s1. The van der Waals surface area contributed by atoms with Crippen LogP contribution in [0.1, 0.15) is 27.7 Å². The molecule has 24 heavy (non-hydrogen) atoms. The number of carbonyl (C=O) groups excluding carboxylic acids is 3. The molecule has 8 heteroatoms. The number of hydrogen-bond acceptors (Lipinski definition) is 5. The van der Waals surface area contributed by atoms with E-state index in [1.807, 2.05) is 0 Å². The van der Waals surface area contributed by atoms with E-state index >= 15 is 0 Å². The number of urea groups is 1. The molecule has 0 aliphatic heterocycles. The number of imide groups is 1. The number of hydrogen-bond donors (Lipinski definition) is 2. The van der Waals surface area contributed by atoms with E-state index in [1.54, 1.807) is 45.0 Å². The molecular weight excluding hydrogens is 336 g/mol. The summed E-state index contributed by atoms with van der Waals surface area (Å²) < 4.78 is 10.2. The molecule has 0 heterocycles. The van der Waals surface area contributed by atoms with E-state index in [2.05, 4.69) is 10.6 Å². The largest absolute Gasteiger partial charge is 0.479 e. The SMILES string of the molecule is C[C@@H](Oc1ccc(Cl)cc1)C(=O)OCC(=O)NC(=O)NC(C)(C)C. The second-order valence-corrected chi connectivity index (χ2v) is 6.51. The smallest absolute Gasteiger partial charge is 0.347 e. The van der Waals surface area contributed by atoms with Gasteiger partial charge in [0, 0.05) is 10.6 Å². The van der Waals surface area contributed by atoms with E-state index < -0.39 is 36.2 Å². The highest BCUT2D eigenvalue weighted by Gasteiger charge is 2.20. The van der Waals surface area contributed by atoms with E-state index in [0.717, 1.165) is 0 Å². The van der Waals surface area contributed by atoms with Gasteiger partial charge in [-0.15, -0.1) is 0 Å². The first-order valence-corrected chi connectivity index (χ1v) is 7.65. The van der Waals surface area contributed by atoms with E-state index in [9.17, 15) is 14.4 Å². The molecule has 1 atom stereocenters. The Bertz CT molecular complexity index is 595. The van der Waals surface area contributed by atoms with E-state index in [0.29, 0.717) is 10.8 Å². The monoisotopic (exact) mass is 356 g/mol. The van der Waals surface area contributed by atoms with Crippen LogP contribution in [-0.2, 0) is 14.3 Å². The van der Waals surface area contributed by atoms with Crippen molar-refractivity contribution >= 4 is 29.5 Å². The molecule has 0 radical (unpaired) electrons. The lowest BCUT2D eigenvalue weighted by atomic mass is 10.1. The van der Waals surface area contributed by atoms with Crippen LogP contribution in [-0.4, -0.2) is 36.2 Å². The molecule has 0 unspecified atom stereocenters. The van der Waals surface area contributed by atoms with Gasteiger partial charge in [-0.3, -0.25) is 10.1 Å². The van der Waals surface area contributed by atoms with Gasteiger partial charge in [0.1, 0.15) is 5.75 Å². The molecule has 2 N–H and O–H groups in total. The molecule has 132 valence electrons. The van der Waals surface area contributed by atoms with Crippen molar-refractivity contribution in [2.24, 2.45) is 0 Å². The summed E-state index contributed by atoms with van der Waals surface area (Å²) in [6.07, 6.45) is -0.914. The Hall–Kier alpha value is -2.28. The lowest BCUT2D eigenvalue weighted by molar-refractivity contribution is -0.154. The van der Waals surface area contributed by atoms with E-state index in [4.69, 9.17) is 21.1 Å². The molecule has 7 nitrogen and oxygen atoms in total. The van der Waals surface area contributed by atoms with Crippen LogP contribution in [0.5, 0.6) is 5.75 Å². The summed E-state index contributed by atoms with van der Waals surface area (Å²) in [5, 5.41) is 5.16. The molecule has 1 aromatic carbocycles. The van der Waals surface area contributed by atoms with Gasteiger partial charge in [-0.2, -0.15) is 0 Å². The molecule has 0 aliphatic rings. The van der Waals surface area contributed by atoms with Gasteiger partial charge < -0.3 is 14.8 Å². The Labute approximate surface area is 145 Å². The van der Waals surface area contributed by atoms with E-state index in [1.165, 1.54) is 6.92 Å². The summed E-state index contributed by atoms with van der Waals surface area (Å²) in [5.74, 6) is -1.02. The van der Waals surface area contributed by atoms with Crippen molar-refractivity contribution in [2.75, 3.05) is 6.61 Å². The Morgan fingerprint density at radius 3 is 2.29 bits per heavy atom. The zero-order valence-corrected chi connectivity index (χ0v) is 14.8. The van der Waals surface area contributed by atoms with Gasteiger partial charge in [0.15, 0.2) is 12.7 Å². The summed E-state index contributed by atoms with van der Waals surface area (Å²) >= 11 is 5.75. The summed E-state index contributed by atoms with van der Waals surface area (Å²) in [6, 6.07) is 5.80. The summed E-state index contributed by atoms with van der Waals surface area (Å²) in [6.45, 7) is 6.22. The summed E-state index contributed by atoms with van der Waals surface area (Å²) in [5.41, 5.74) is -0.484. The number of halogens is 1. The Morgan fingerprint density at radius 2 is 1.75 bits per heavy atom. The van der Waals surface area contributed by atoms with Crippen molar-refractivity contribution in [2.45, 2.75) is 39.3 Å². The lowest BCUT2D eigenvalue weighted by Gasteiger charge is -2.20. The third-order valence-electron chi connectivity index (χ3n) is 2.55. The van der Waals surface area contributed by atoms with Gasteiger partial charge in [0.25, 0.3) is 5.91 Å². The number of carbonyl (C=O) groups is 3. The maximum atomic E-state index is 11.8. The van der Waals surface area contributed by atoms with Crippen LogP contribution in [0, 0.1) is 0 Å². The molecule has 0 fully saturated rings. The second kappa shape index (κ2) is 8.54. The topological polar surface area (TPSA) is 93.7 Å². The van der Waals surface area contributed by atoms with Gasteiger partial charge in [-0.1, -0.05) is 11.6 Å². The molecule has 0 saturated heterocycles. The first-order valence-electron chi connectivity index (χ1n) is 7.27. The van der Waals surface area contributed by atoms with Gasteiger partial charge in [0.05, 0.1) is 0 Å². The Balaban J connectivity index is 2.37. The molecule has 0 saturated carbocycles. The van der Waals surface area contributed by atoms with Gasteiger partial charge in [-0.25, -0.2) is 9.59 Å². The quantitative estimate of drug-likeness (QED) is 0.789. The first-order chi connectivity index (χ1) is 11.1. The predicted molar refractivity (Wildman–Crippen MR) is 88.9 cm³/mol. The molecule has 0 bridgehead atoms. The third-order valence-corrected chi connectivity index (χ3v) is 2.80. The van der Waals surface area contributed by atoms with Crippen LogP contribution in [0.4, 0.5) is 4.79 Å². The highest BCUT2D eigenvalue weighted by molar-refractivity contribution is 6.30. The van der Waals surface area contributed by atoms with Crippen LogP contribution >= 0.6 is 11.6 Å². The van der Waals surface area contributed by atoms with Crippen LogP contribution in [0.15, 0.2) is 24.3 Å². The molecule has 0 aliphatic carbocycles. The highest BCUT2D eigenvalue weighted by Crippen LogP contribution is 2.17. The fraction of sp³-hybridized carbons (Fsp3) is 0.438. The number of ether oxygens (including phenoxy) is 2. The fourth-order valence-corrected chi connectivity index (χ4v) is 1.68. The van der Waals surface area contributed by atoms with Crippen molar-refractivity contribution < 1.29 is 23.9 Å². The van der Waals surface area contributed by atoms with Crippen LogP contribution < -0.4 is 15.4 Å². The van der Waals surface area contributed by atoms with E-state index in [-0.39, 0.29) is 0 Å². The average Bonchev–Trinajstić information content (AvgIpc) is 2.45. The lowest BCUT2D eigenvalue weighted by Crippen LogP contribution is -2.49. The maximum Gasteiger partial charge on any atom is 0.347 e. The van der Waals surface area contributed by atoms with Gasteiger partial charge >= 0.3 is 12.0 Å². The van der Waals surface area contributed by atoms with Crippen molar-refractivity contribution in [3.05, 3.63) is 29.3 Å². The van der Waals surface area contributed by atoms with Crippen molar-refractivity contribution in [1.29, 1.82) is 0 Å². The average molecular weight is 357 g/mol. The first kappa shape index (κ1) is 19.8. The zero-order valence-electron chi connectivity index (χ0n) is 14.0. The van der Waals surface area contributed by atoms with Crippen molar-refractivity contribution in [3.8, 4) is 5.75 Å². The fourth-order valence-electron chi connectivity index (χ4n) is 1.55. The number of amides is 3. The Morgan fingerprint density at radius 1 is 1.17 bits per heavy atom. The van der Waals surface area contributed by atoms with Crippen LogP contribution in [0.2, 0.25) is 5.02 Å². The molecule has 1 aromatic rings. The molecule has 0 aromatic heterocycles. The second-order valence-electron chi connectivity index (χ2n) is 6.07. The summed E-state index contributed by atoms with van der Waals surface area (Å²) in [4.78, 5) is 34.8. The van der Waals surface area contributed by atoms with Crippen LogP contribution in [0.3, 0.4) is 0 Å². The molecule has 0 spiro atoms. The number of benzene rings is 1. The zero-order chi connectivity index (χ0) is 18.3. The summed E-state index contributed by atoms with van der Waals surface area (Å²) in [7, 11) is 0.